The van der Waals surface area contributed by atoms with E-state index in [1.165, 1.54) is 0 Å². The summed E-state index contributed by atoms with van der Waals surface area (Å²) in [5.74, 6) is 0.601. The molecule has 1 aliphatic rings. The summed E-state index contributed by atoms with van der Waals surface area (Å²) >= 11 is 6.08. The topological polar surface area (TPSA) is 66.3 Å². The van der Waals surface area contributed by atoms with Gasteiger partial charge in [-0.3, -0.25) is 4.79 Å². The highest BCUT2D eigenvalue weighted by Gasteiger charge is 2.26. The van der Waals surface area contributed by atoms with Gasteiger partial charge in [-0.25, -0.2) is 9.97 Å². The van der Waals surface area contributed by atoms with Gasteiger partial charge >= 0.3 is 5.97 Å². The normalized spacial score (nSPS) is 16.4. The smallest absolute Gasteiger partial charge is 0.306 e. The number of carboxylic acids is 1. The minimum absolute atomic E-state index is 0.251. The second-order valence-electron chi connectivity index (χ2n) is 5.36. The van der Waals surface area contributed by atoms with Gasteiger partial charge in [-0.05, 0) is 38.0 Å². The van der Waals surface area contributed by atoms with Gasteiger partial charge in [0.25, 0.3) is 0 Å². The van der Waals surface area contributed by atoms with E-state index in [2.05, 4.69) is 14.9 Å². The van der Waals surface area contributed by atoms with Crippen molar-refractivity contribution in [2.45, 2.75) is 19.8 Å². The lowest BCUT2D eigenvalue weighted by atomic mass is 9.97. The molecular weight excluding hydrogens is 290 g/mol. The molecule has 0 bridgehead atoms. The molecule has 0 saturated carbocycles. The number of aliphatic carboxylic acids is 1. The highest BCUT2D eigenvalue weighted by molar-refractivity contribution is 6.31. The molecule has 1 N–H and O–H groups in total. The van der Waals surface area contributed by atoms with Crippen LogP contribution in [0.5, 0.6) is 0 Å². The predicted octanol–water partition coefficient (Wildman–Crippen LogP) is 2.89. The fourth-order valence-corrected chi connectivity index (χ4v) is 2.95. The molecule has 1 saturated heterocycles. The van der Waals surface area contributed by atoms with Crippen LogP contribution in [0.25, 0.3) is 10.9 Å². The van der Waals surface area contributed by atoms with E-state index in [1.54, 1.807) is 0 Å². The third-order valence-corrected chi connectivity index (χ3v) is 4.13. The van der Waals surface area contributed by atoms with Crippen molar-refractivity contribution in [3.8, 4) is 0 Å². The molecule has 1 aliphatic heterocycles. The van der Waals surface area contributed by atoms with Crippen LogP contribution in [-0.4, -0.2) is 34.1 Å². The van der Waals surface area contributed by atoms with Crippen LogP contribution in [0.4, 0.5) is 5.82 Å². The van der Waals surface area contributed by atoms with Gasteiger partial charge in [0, 0.05) is 23.5 Å². The Balaban J connectivity index is 1.97. The van der Waals surface area contributed by atoms with E-state index >= 15 is 0 Å². The molecule has 2 heterocycles. The van der Waals surface area contributed by atoms with Gasteiger partial charge in [0.15, 0.2) is 0 Å². The van der Waals surface area contributed by atoms with Gasteiger partial charge < -0.3 is 10.0 Å². The van der Waals surface area contributed by atoms with Gasteiger partial charge in [-0.2, -0.15) is 0 Å². The lowest BCUT2D eigenvalue weighted by molar-refractivity contribution is -0.142. The van der Waals surface area contributed by atoms with Crippen LogP contribution >= 0.6 is 11.6 Å². The van der Waals surface area contributed by atoms with Gasteiger partial charge in [0.1, 0.15) is 11.6 Å². The Hall–Kier alpha value is -1.88. The fraction of sp³-hybridized carbons (Fsp3) is 0.400. The number of carbonyl (C=O) groups is 1. The maximum absolute atomic E-state index is 11.0. The van der Waals surface area contributed by atoms with E-state index < -0.39 is 5.97 Å². The van der Waals surface area contributed by atoms with Gasteiger partial charge in [0.2, 0.25) is 0 Å². The van der Waals surface area contributed by atoms with Gasteiger partial charge in [-0.1, -0.05) is 11.6 Å². The van der Waals surface area contributed by atoms with Crippen molar-refractivity contribution in [3.63, 3.8) is 0 Å². The number of carboxylic acid groups (broad SMARTS) is 1. The number of benzene rings is 1. The zero-order valence-electron chi connectivity index (χ0n) is 11.7. The number of piperidine rings is 1. The quantitative estimate of drug-likeness (QED) is 0.924. The van der Waals surface area contributed by atoms with Crippen LogP contribution < -0.4 is 4.90 Å². The molecule has 110 valence electrons. The molecule has 0 aliphatic carbocycles. The highest BCUT2D eigenvalue weighted by atomic mass is 35.5. The molecule has 6 heteroatoms. The second-order valence-corrected chi connectivity index (χ2v) is 5.79. The summed E-state index contributed by atoms with van der Waals surface area (Å²) in [7, 11) is 0. The van der Waals surface area contributed by atoms with Crippen LogP contribution in [0, 0.1) is 12.8 Å². The van der Waals surface area contributed by atoms with E-state index in [-0.39, 0.29) is 5.92 Å². The molecule has 0 spiro atoms. The number of nitrogens with zero attached hydrogens (tertiary/aromatic N) is 3. The molecule has 0 unspecified atom stereocenters. The maximum atomic E-state index is 11.0. The minimum atomic E-state index is -0.707. The molecule has 1 aromatic heterocycles. The summed E-state index contributed by atoms with van der Waals surface area (Å²) in [4.78, 5) is 22.1. The lowest BCUT2D eigenvalue weighted by Gasteiger charge is -2.31. The summed E-state index contributed by atoms with van der Waals surface area (Å²) in [5.41, 5.74) is 0.863. The molecule has 1 aromatic carbocycles. The van der Waals surface area contributed by atoms with Crippen LogP contribution in [-0.2, 0) is 4.79 Å². The summed E-state index contributed by atoms with van der Waals surface area (Å²) in [6.07, 6.45) is 1.28. The molecule has 1 fully saturated rings. The third-order valence-electron chi connectivity index (χ3n) is 3.89. The first kappa shape index (κ1) is 14.1. The Kier molecular flexibility index (Phi) is 3.68. The zero-order valence-corrected chi connectivity index (χ0v) is 12.5. The van der Waals surface area contributed by atoms with Crippen molar-refractivity contribution < 1.29 is 9.90 Å². The Labute approximate surface area is 127 Å². The van der Waals surface area contributed by atoms with Crippen molar-refractivity contribution in [2.24, 2.45) is 5.92 Å². The average molecular weight is 306 g/mol. The number of hydrogen-bond donors (Lipinski definition) is 1. The maximum Gasteiger partial charge on any atom is 0.306 e. The monoisotopic (exact) mass is 305 g/mol. The Morgan fingerprint density at radius 1 is 1.33 bits per heavy atom. The van der Waals surface area contributed by atoms with Crippen molar-refractivity contribution in [2.75, 3.05) is 18.0 Å². The van der Waals surface area contributed by atoms with Crippen LogP contribution in [0.2, 0.25) is 5.02 Å². The van der Waals surface area contributed by atoms with Crippen LogP contribution in [0.15, 0.2) is 18.2 Å². The molecule has 5 nitrogen and oxygen atoms in total. The largest absolute Gasteiger partial charge is 0.481 e. The number of aromatic nitrogens is 2. The fourth-order valence-electron chi connectivity index (χ4n) is 2.78. The number of fused-ring (bicyclic) bond motifs is 1. The highest BCUT2D eigenvalue weighted by Crippen LogP contribution is 2.29. The van der Waals surface area contributed by atoms with Crippen molar-refractivity contribution in [1.82, 2.24) is 9.97 Å². The first-order valence-corrected chi connectivity index (χ1v) is 7.34. The van der Waals surface area contributed by atoms with E-state index in [0.29, 0.717) is 36.8 Å². The Bertz CT molecular complexity index is 697. The Morgan fingerprint density at radius 2 is 2.05 bits per heavy atom. The zero-order chi connectivity index (χ0) is 15.0. The summed E-state index contributed by atoms with van der Waals surface area (Å²) in [6, 6.07) is 5.57. The molecule has 3 rings (SSSR count). The van der Waals surface area contributed by atoms with Gasteiger partial charge in [0.05, 0.1) is 11.4 Å². The van der Waals surface area contributed by atoms with E-state index in [0.717, 1.165) is 16.7 Å². The molecule has 2 aromatic rings. The van der Waals surface area contributed by atoms with E-state index in [9.17, 15) is 4.79 Å². The molecule has 0 amide bonds. The lowest BCUT2D eigenvalue weighted by Crippen LogP contribution is -2.37. The van der Waals surface area contributed by atoms with Crippen molar-refractivity contribution in [3.05, 3.63) is 29.0 Å². The number of hydrogen-bond acceptors (Lipinski definition) is 4. The van der Waals surface area contributed by atoms with Crippen molar-refractivity contribution in [1.29, 1.82) is 0 Å². The molecule has 21 heavy (non-hydrogen) atoms. The standard InChI is InChI=1S/C15H16ClN3O2/c1-9-17-13-3-2-11(16)8-12(13)14(18-9)19-6-4-10(5-7-19)15(20)21/h2-3,8,10H,4-7H2,1H3,(H,20,21). The van der Waals surface area contributed by atoms with Crippen molar-refractivity contribution >= 4 is 34.3 Å². The SMILES string of the molecule is Cc1nc(N2CCC(C(=O)O)CC2)c2cc(Cl)ccc2n1. The summed E-state index contributed by atoms with van der Waals surface area (Å²) < 4.78 is 0. The second kappa shape index (κ2) is 5.48. The molecular formula is C15H16ClN3O2. The van der Waals surface area contributed by atoms with E-state index in [1.807, 2.05) is 25.1 Å². The average Bonchev–Trinajstić information content (AvgIpc) is 2.47. The number of aryl methyl sites for hydroxylation is 1. The summed E-state index contributed by atoms with van der Waals surface area (Å²) in [6.45, 7) is 3.24. The third kappa shape index (κ3) is 2.78. The number of rotatable bonds is 2. The van der Waals surface area contributed by atoms with E-state index in [4.69, 9.17) is 16.7 Å². The number of halogens is 1. The molecule has 0 radical (unpaired) electrons. The summed E-state index contributed by atoms with van der Waals surface area (Å²) in [5, 5.41) is 10.7. The first-order valence-electron chi connectivity index (χ1n) is 6.96. The predicted molar refractivity (Wildman–Crippen MR) is 81.9 cm³/mol. The van der Waals surface area contributed by atoms with Crippen LogP contribution in [0.1, 0.15) is 18.7 Å². The first-order chi connectivity index (χ1) is 10.0. The number of anilines is 1. The van der Waals surface area contributed by atoms with Crippen LogP contribution in [0.3, 0.4) is 0 Å². The molecule has 0 atom stereocenters. The van der Waals surface area contributed by atoms with Gasteiger partial charge in [-0.15, -0.1) is 0 Å². The minimum Gasteiger partial charge on any atom is -0.481 e. The Morgan fingerprint density at radius 3 is 2.71 bits per heavy atom.